The first-order chi connectivity index (χ1) is 9.56. The van der Waals surface area contributed by atoms with Crippen LogP contribution in [0.2, 0.25) is 0 Å². The summed E-state index contributed by atoms with van der Waals surface area (Å²) in [7, 11) is 0. The molecule has 0 bridgehead atoms. The number of aryl methyl sites for hydroxylation is 1. The Kier molecular flexibility index (Phi) is 5.12. The molecule has 1 fully saturated rings. The maximum absolute atomic E-state index is 13.2. The number of rotatable bonds is 5. The van der Waals surface area contributed by atoms with Gasteiger partial charge in [-0.3, -0.25) is 4.79 Å². The minimum atomic E-state index is -0.660. The number of carbonyl (C=O) groups is 1. The lowest BCUT2D eigenvalue weighted by Crippen LogP contribution is -2.28. The Balaban J connectivity index is 1.74. The molecule has 3 nitrogen and oxygen atoms in total. The van der Waals surface area contributed by atoms with Crippen molar-refractivity contribution in [2.75, 3.05) is 6.54 Å². The minimum Gasteiger partial charge on any atom is -0.481 e. The molecule has 2 rings (SSSR count). The normalized spacial score (nSPS) is 22.7. The van der Waals surface area contributed by atoms with Crippen molar-refractivity contribution in [3.8, 4) is 0 Å². The molecular weight excluding hydrogens is 257 g/mol. The number of carboxylic acids is 1. The quantitative estimate of drug-likeness (QED) is 0.870. The average molecular weight is 279 g/mol. The number of carboxylic acid groups (broad SMARTS) is 1. The maximum atomic E-state index is 13.2. The summed E-state index contributed by atoms with van der Waals surface area (Å²) in [4.78, 5) is 10.9. The van der Waals surface area contributed by atoms with Gasteiger partial charge in [-0.2, -0.15) is 0 Å². The molecule has 1 saturated carbocycles. The number of nitrogens with one attached hydrogen (secondary N) is 1. The fourth-order valence-electron chi connectivity index (χ4n) is 2.85. The summed E-state index contributed by atoms with van der Waals surface area (Å²) in [5.74, 6) is -0.475. The molecule has 0 saturated heterocycles. The fraction of sp³-hybridized carbons (Fsp3) is 0.562. The van der Waals surface area contributed by atoms with E-state index in [1.807, 2.05) is 6.92 Å². The molecule has 0 aliphatic heterocycles. The van der Waals surface area contributed by atoms with Crippen molar-refractivity contribution in [2.24, 2.45) is 11.8 Å². The van der Waals surface area contributed by atoms with Crippen molar-refractivity contribution in [1.29, 1.82) is 0 Å². The van der Waals surface area contributed by atoms with Gasteiger partial charge in [0.05, 0.1) is 5.92 Å². The van der Waals surface area contributed by atoms with Gasteiger partial charge < -0.3 is 10.4 Å². The Morgan fingerprint density at radius 2 is 2.05 bits per heavy atom. The summed E-state index contributed by atoms with van der Waals surface area (Å²) in [6, 6.07) is 4.85. The van der Waals surface area contributed by atoms with Crippen molar-refractivity contribution < 1.29 is 14.3 Å². The summed E-state index contributed by atoms with van der Waals surface area (Å²) >= 11 is 0. The van der Waals surface area contributed by atoms with Crippen LogP contribution in [0.1, 0.15) is 36.8 Å². The number of hydrogen-bond acceptors (Lipinski definition) is 2. The predicted octanol–water partition coefficient (Wildman–Crippen LogP) is 3.11. The molecule has 2 N–H and O–H groups in total. The molecule has 0 amide bonds. The predicted molar refractivity (Wildman–Crippen MR) is 75.9 cm³/mol. The summed E-state index contributed by atoms with van der Waals surface area (Å²) in [5.41, 5.74) is 2.08. The van der Waals surface area contributed by atoms with Crippen LogP contribution in [-0.4, -0.2) is 17.6 Å². The lowest BCUT2D eigenvalue weighted by molar-refractivity contribution is -0.143. The van der Waals surface area contributed by atoms with Crippen molar-refractivity contribution in [3.05, 3.63) is 35.1 Å². The second kappa shape index (κ2) is 6.84. The molecule has 4 heteroatoms. The second-order valence-electron chi connectivity index (χ2n) is 5.76. The van der Waals surface area contributed by atoms with Gasteiger partial charge in [0.15, 0.2) is 0 Å². The van der Waals surface area contributed by atoms with Crippen molar-refractivity contribution in [3.63, 3.8) is 0 Å². The Bertz CT molecular complexity index is 468. The summed E-state index contributed by atoms with van der Waals surface area (Å²) < 4.78 is 13.2. The second-order valence-corrected chi connectivity index (χ2v) is 5.76. The standard InChI is InChI=1S/C16H22FNO2/c1-11-2-7-15(17)8-14(11)10-18-9-12-3-5-13(6-4-12)16(19)20/h2,7-8,12-13,18H,3-6,9-10H2,1H3,(H,19,20). The van der Waals surface area contributed by atoms with Gasteiger partial charge in [0, 0.05) is 6.54 Å². The summed E-state index contributed by atoms with van der Waals surface area (Å²) in [5, 5.41) is 12.3. The molecule has 0 radical (unpaired) electrons. The number of hydrogen-bond donors (Lipinski definition) is 2. The highest BCUT2D eigenvalue weighted by atomic mass is 19.1. The Hall–Kier alpha value is -1.42. The average Bonchev–Trinajstić information content (AvgIpc) is 2.43. The summed E-state index contributed by atoms with van der Waals surface area (Å²) in [6.07, 6.45) is 3.49. The van der Waals surface area contributed by atoms with Crippen LogP contribution >= 0.6 is 0 Å². The maximum Gasteiger partial charge on any atom is 0.306 e. The lowest BCUT2D eigenvalue weighted by Gasteiger charge is -2.26. The van der Waals surface area contributed by atoms with Gasteiger partial charge in [-0.05, 0) is 68.3 Å². The van der Waals surface area contributed by atoms with Crippen LogP contribution in [0.5, 0.6) is 0 Å². The molecular formula is C16H22FNO2. The number of aliphatic carboxylic acids is 1. The molecule has 0 heterocycles. The van der Waals surface area contributed by atoms with Crippen LogP contribution in [0.25, 0.3) is 0 Å². The third-order valence-corrected chi connectivity index (χ3v) is 4.26. The molecule has 1 aromatic rings. The van der Waals surface area contributed by atoms with Gasteiger partial charge in [0.2, 0.25) is 0 Å². The Morgan fingerprint density at radius 1 is 1.35 bits per heavy atom. The van der Waals surface area contributed by atoms with E-state index in [0.717, 1.165) is 43.4 Å². The SMILES string of the molecule is Cc1ccc(F)cc1CNCC1CCC(C(=O)O)CC1. The molecule has 1 aliphatic carbocycles. The van der Waals surface area contributed by atoms with E-state index in [9.17, 15) is 9.18 Å². The third-order valence-electron chi connectivity index (χ3n) is 4.26. The zero-order chi connectivity index (χ0) is 14.5. The smallest absolute Gasteiger partial charge is 0.306 e. The van der Waals surface area contributed by atoms with Crippen LogP contribution in [0.15, 0.2) is 18.2 Å². The summed E-state index contributed by atoms with van der Waals surface area (Å²) in [6.45, 7) is 3.53. The van der Waals surface area contributed by atoms with E-state index in [2.05, 4.69) is 5.32 Å². The first kappa shape index (κ1) is 15.0. The van der Waals surface area contributed by atoms with Crippen LogP contribution in [0.4, 0.5) is 4.39 Å². The van der Waals surface area contributed by atoms with Crippen molar-refractivity contribution >= 4 is 5.97 Å². The molecule has 1 aliphatic rings. The van der Waals surface area contributed by atoms with Gasteiger partial charge >= 0.3 is 5.97 Å². The molecule has 0 unspecified atom stereocenters. The molecule has 20 heavy (non-hydrogen) atoms. The van der Waals surface area contributed by atoms with Gasteiger partial charge in [-0.15, -0.1) is 0 Å². The van der Waals surface area contributed by atoms with E-state index >= 15 is 0 Å². The number of halogens is 1. The van der Waals surface area contributed by atoms with Crippen molar-refractivity contribution in [1.82, 2.24) is 5.32 Å². The van der Waals surface area contributed by atoms with E-state index in [-0.39, 0.29) is 11.7 Å². The zero-order valence-corrected chi connectivity index (χ0v) is 11.9. The highest BCUT2D eigenvalue weighted by Gasteiger charge is 2.25. The van der Waals surface area contributed by atoms with E-state index in [1.54, 1.807) is 12.1 Å². The molecule has 0 aromatic heterocycles. The molecule has 0 spiro atoms. The van der Waals surface area contributed by atoms with Crippen LogP contribution in [0.3, 0.4) is 0 Å². The van der Waals surface area contributed by atoms with Gasteiger partial charge in [0.25, 0.3) is 0 Å². The largest absolute Gasteiger partial charge is 0.481 e. The van der Waals surface area contributed by atoms with E-state index < -0.39 is 5.97 Å². The van der Waals surface area contributed by atoms with Crippen LogP contribution in [0, 0.1) is 24.6 Å². The first-order valence-electron chi connectivity index (χ1n) is 7.25. The van der Waals surface area contributed by atoms with E-state index in [4.69, 9.17) is 5.11 Å². The zero-order valence-electron chi connectivity index (χ0n) is 11.9. The molecule has 0 atom stereocenters. The van der Waals surface area contributed by atoms with Gasteiger partial charge in [-0.1, -0.05) is 6.07 Å². The van der Waals surface area contributed by atoms with Gasteiger partial charge in [0.1, 0.15) is 5.82 Å². The third kappa shape index (κ3) is 4.04. The van der Waals surface area contributed by atoms with E-state index in [1.165, 1.54) is 6.07 Å². The monoisotopic (exact) mass is 279 g/mol. The number of benzene rings is 1. The highest BCUT2D eigenvalue weighted by Crippen LogP contribution is 2.28. The fourth-order valence-corrected chi connectivity index (χ4v) is 2.85. The minimum absolute atomic E-state index is 0.156. The molecule has 110 valence electrons. The lowest BCUT2D eigenvalue weighted by atomic mass is 9.82. The topological polar surface area (TPSA) is 49.3 Å². The highest BCUT2D eigenvalue weighted by molar-refractivity contribution is 5.69. The van der Waals surface area contributed by atoms with E-state index in [0.29, 0.717) is 12.5 Å². The Labute approximate surface area is 119 Å². The van der Waals surface area contributed by atoms with Crippen LogP contribution in [-0.2, 0) is 11.3 Å². The van der Waals surface area contributed by atoms with Crippen LogP contribution < -0.4 is 5.32 Å². The first-order valence-corrected chi connectivity index (χ1v) is 7.25. The molecule has 1 aromatic carbocycles. The Morgan fingerprint density at radius 3 is 2.70 bits per heavy atom. The van der Waals surface area contributed by atoms with Gasteiger partial charge in [-0.25, -0.2) is 4.39 Å². The van der Waals surface area contributed by atoms with Crippen molar-refractivity contribution in [2.45, 2.75) is 39.2 Å².